The van der Waals surface area contributed by atoms with Crippen LogP contribution >= 0.6 is 0 Å². The lowest BCUT2D eigenvalue weighted by Gasteiger charge is -2.29. The highest BCUT2D eigenvalue weighted by molar-refractivity contribution is 5.84. The maximum atomic E-state index is 5.38. The fourth-order valence-electron chi connectivity index (χ4n) is 2.79. The van der Waals surface area contributed by atoms with Gasteiger partial charge in [-0.3, -0.25) is 4.99 Å². The van der Waals surface area contributed by atoms with Crippen LogP contribution in [0, 0.1) is 12.3 Å². The number of aliphatic imine (C=N–C) groups is 1. The SMILES string of the molecule is C#Cc1ccc(C=Nc2ccccc2N2CCCCC2)cc1. The molecule has 0 aromatic heterocycles. The fraction of sp³-hybridized carbons (Fsp3) is 0.250. The Balaban J connectivity index is 1.82. The van der Waals surface area contributed by atoms with Crippen molar-refractivity contribution >= 4 is 17.6 Å². The molecule has 0 aliphatic carbocycles. The van der Waals surface area contributed by atoms with Crippen molar-refractivity contribution in [1.29, 1.82) is 0 Å². The van der Waals surface area contributed by atoms with Crippen LogP contribution in [0.4, 0.5) is 11.4 Å². The molecule has 0 bridgehead atoms. The Labute approximate surface area is 132 Å². The predicted octanol–water partition coefficient (Wildman–Crippen LogP) is 4.41. The summed E-state index contributed by atoms with van der Waals surface area (Å²) < 4.78 is 0. The Bertz CT molecular complexity index is 686. The van der Waals surface area contributed by atoms with Crippen molar-refractivity contribution in [3.05, 3.63) is 59.7 Å². The maximum Gasteiger partial charge on any atom is 0.0863 e. The van der Waals surface area contributed by atoms with Crippen LogP contribution in [0.25, 0.3) is 0 Å². The summed E-state index contributed by atoms with van der Waals surface area (Å²) in [6, 6.07) is 16.3. The largest absolute Gasteiger partial charge is 0.370 e. The van der Waals surface area contributed by atoms with Gasteiger partial charge in [-0.1, -0.05) is 30.2 Å². The second-order valence-corrected chi connectivity index (χ2v) is 5.56. The lowest BCUT2D eigenvalue weighted by molar-refractivity contribution is 0.578. The van der Waals surface area contributed by atoms with Gasteiger partial charge in [0.15, 0.2) is 0 Å². The van der Waals surface area contributed by atoms with Gasteiger partial charge < -0.3 is 4.90 Å². The first-order valence-electron chi connectivity index (χ1n) is 7.81. The highest BCUT2D eigenvalue weighted by Crippen LogP contribution is 2.30. The minimum Gasteiger partial charge on any atom is -0.370 e. The summed E-state index contributed by atoms with van der Waals surface area (Å²) in [6.45, 7) is 2.26. The van der Waals surface area contributed by atoms with Crippen LogP contribution in [0.3, 0.4) is 0 Å². The minimum atomic E-state index is 0.894. The first-order valence-corrected chi connectivity index (χ1v) is 7.81. The summed E-state index contributed by atoms with van der Waals surface area (Å²) in [4.78, 5) is 7.13. The van der Waals surface area contributed by atoms with Crippen molar-refractivity contribution in [2.45, 2.75) is 19.3 Å². The standard InChI is InChI=1S/C20H20N2/c1-2-17-10-12-18(13-11-17)16-21-19-8-4-5-9-20(19)22-14-6-3-7-15-22/h1,4-5,8-13,16H,3,6-7,14-15H2. The molecular weight excluding hydrogens is 268 g/mol. The summed E-state index contributed by atoms with van der Waals surface area (Å²) in [5.74, 6) is 2.63. The van der Waals surface area contributed by atoms with Gasteiger partial charge in [0.25, 0.3) is 0 Å². The molecule has 1 saturated heterocycles. The van der Waals surface area contributed by atoms with Crippen LogP contribution in [0.5, 0.6) is 0 Å². The van der Waals surface area contributed by atoms with Crippen molar-refractivity contribution in [1.82, 2.24) is 0 Å². The first-order chi connectivity index (χ1) is 10.9. The zero-order valence-electron chi connectivity index (χ0n) is 12.7. The van der Waals surface area contributed by atoms with Crippen molar-refractivity contribution in [3.63, 3.8) is 0 Å². The molecule has 2 heteroatoms. The van der Waals surface area contributed by atoms with Gasteiger partial charge in [0, 0.05) is 24.9 Å². The van der Waals surface area contributed by atoms with Crippen LogP contribution in [-0.2, 0) is 0 Å². The van der Waals surface area contributed by atoms with E-state index in [2.05, 4.69) is 34.0 Å². The molecule has 2 nitrogen and oxygen atoms in total. The third kappa shape index (κ3) is 3.38. The number of anilines is 1. The number of hydrogen-bond donors (Lipinski definition) is 0. The topological polar surface area (TPSA) is 15.6 Å². The molecule has 22 heavy (non-hydrogen) atoms. The molecule has 0 amide bonds. The van der Waals surface area contributed by atoms with E-state index in [-0.39, 0.29) is 0 Å². The zero-order valence-corrected chi connectivity index (χ0v) is 12.7. The van der Waals surface area contributed by atoms with E-state index in [1.165, 1.54) is 24.9 Å². The van der Waals surface area contributed by atoms with Gasteiger partial charge in [0.1, 0.15) is 0 Å². The molecule has 1 aliphatic heterocycles. The number of benzene rings is 2. The number of nitrogens with zero attached hydrogens (tertiary/aromatic N) is 2. The van der Waals surface area contributed by atoms with E-state index in [0.717, 1.165) is 29.9 Å². The van der Waals surface area contributed by atoms with Gasteiger partial charge in [-0.05, 0) is 49.1 Å². The normalized spacial score (nSPS) is 15.0. The van der Waals surface area contributed by atoms with Gasteiger partial charge in [-0.15, -0.1) is 6.42 Å². The molecular formula is C20H20N2. The smallest absolute Gasteiger partial charge is 0.0863 e. The van der Waals surface area contributed by atoms with Gasteiger partial charge in [-0.2, -0.15) is 0 Å². The molecule has 0 spiro atoms. The second kappa shape index (κ2) is 6.95. The maximum absolute atomic E-state index is 5.38. The van der Waals surface area contributed by atoms with Gasteiger partial charge in [-0.25, -0.2) is 0 Å². The predicted molar refractivity (Wildman–Crippen MR) is 94.1 cm³/mol. The minimum absolute atomic E-state index is 0.894. The second-order valence-electron chi connectivity index (χ2n) is 5.56. The van der Waals surface area contributed by atoms with Crippen molar-refractivity contribution in [2.24, 2.45) is 4.99 Å². The van der Waals surface area contributed by atoms with Gasteiger partial charge >= 0.3 is 0 Å². The average molecular weight is 288 g/mol. The lowest BCUT2D eigenvalue weighted by Crippen LogP contribution is -2.29. The van der Waals surface area contributed by atoms with Crippen LogP contribution in [0.2, 0.25) is 0 Å². The molecule has 1 fully saturated rings. The molecule has 0 N–H and O–H groups in total. The average Bonchev–Trinajstić information content (AvgIpc) is 2.61. The van der Waals surface area contributed by atoms with E-state index in [0.29, 0.717) is 0 Å². The van der Waals surface area contributed by atoms with Crippen molar-refractivity contribution < 1.29 is 0 Å². The number of hydrogen-bond acceptors (Lipinski definition) is 2. The number of rotatable bonds is 3. The van der Waals surface area contributed by atoms with Crippen molar-refractivity contribution in [2.75, 3.05) is 18.0 Å². The Kier molecular flexibility index (Phi) is 4.56. The molecule has 0 radical (unpaired) electrons. The third-order valence-corrected chi connectivity index (χ3v) is 4.01. The molecule has 0 atom stereocenters. The molecule has 0 unspecified atom stereocenters. The van der Waals surface area contributed by atoms with E-state index >= 15 is 0 Å². The summed E-state index contributed by atoms with van der Waals surface area (Å²) in [7, 11) is 0. The fourth-order valence-corrected chi connectivity index (χ4v) is 2.79. The van der Waals surface area contributed by atoms with Crippen LogP contribution < -0.4 is 4.90 Å². The van der Waals surface area contributed by atoms with E-state index in [1.54, 1.807) is 0 Å². The molecule has 2 aromatic carbocycles. The highest BCUT2D eigenvalue weighted by Gasteiger charge is 2.13. The molecule has 0 saturated carbocycles. The third-order valence-electron chi connectivity index (χ3n) is 4.01. The van der Waals surface area contributed by atoms with E-state index in [9.17, 15) is 0 Å². The van der Waals surface area contributed by atoms with Crippen LogP contribution in [0.1, 0.15) is 30.4 Å². The highest BCUT2D eigenvalue weighted by atomic mass is 15.1. The summed E-state index contributed by atoms with van der Waals surface area (Å²) in [5.41, 5.74) is 4.22. The lowest BCUT2D eigenvalue weighted by atomic mass is 10.1. The van der Waals surface area contributed by atoms with Crippen molar-refractivity contribution in [3.8, 4) is 12.3 Å². The molecule has 3 rings (SSSR count). The molecule has 2 aromatic rings. The number of para-hydroxylation sites is 2. The van der Waals surface area contributed by atoms with Crippen LogP contribution in [-0.4, -0.2) is 19.3 Å². The monoisotopic (exact) mass is 288 g/mol. The Hall–Kier alpha value is -2.53. The Morgan fingerprint density at radius 3 is 2.41 bits per heavy atom. The van der Waals surface area contributed by atoms with E-state index in [1.807, 2.05) is 36.5 Å². The number of piperidine rings is 1. The van der Waals surface area contributed by atoms with Crippen LogP contribution in [0.15, 0.2) is 53.5 Å². The Morgan fingerprint density at radius 1 is 0.955 bits per heavy atom. The van der Waals surface area contributed by atoms with E-state index in [4.69, 9.17) is 6.42 Å². The quantitative estimate of drug-likeness (QED) is 0.603. The zero-order chi connectivity index (χ0) is 15.2. The van der Waals surface area contributed by atoms with E-state index < -0.39 is 0 Å². The molecule has 110 valence electrons. The summed E-state index contributed by atoms with van der Waals surface area (Å²) >= 11 is 0. The summed E-state index contributed by atoms with van der Waals surface area (Å²) in [6.07, 6.45) is 11.2. The molecule has 1 aliphatic rings. The first kappa shape index (κ1) is 14.4. The number of terminal acetylenes is 1. The van der Waals surface area contributed by atoms with Gasteiger partial charge in [0.05, 0.1) is 11.4 Å². The van der Waals surface area contributed by atoms with Gasteiger partial charge in [0.2, 0.25) is 0 Å². The summed E-state index contributed by atoms with van der Waals surface area (Å²) in [5, 5.41) is 0. The Morgan fingerprint density at radius 2 is 1.68 bits per heavy atom. The molecule has 1 heterocycles.